The van der Waals surface area contributed by atoms with Crippen LogP contribution in [0.1, 0.15) is 46.3 Å². The van der Waals surface area contributed by atoms with Gasteiger partial charge in [0.1, 0.15) is 0 Å². The van der Waals surface area contributed by atoms with Gasteiger partial charge in [-0.1, -0.05) is 36.4 Å². The van der Waals surface area contributed by atoms with E-state index in [1.54, 1.807) is 12.1 Å². The quantitative estimate of drug-likeness (QED) is 0.927. The van der Waals surface area contributed by atoms with Crippen molar-refractivity contribution in [2.45, 2.75) is 37.5 Å². The summed E-state index contributed by atoms with van der Waals surface area (Å²) in [5.74, 6) is -0.280. The zero-order valence-electron chi connectivity index (χ0n) is 14.9. The van der Waals surface area contributed by atoms with Crippen LogP contribution in [-0.4, -0.2) is 29.8 Å². The van der Waals surface area contributed by atoms with Crippen molar-refractivity contribution in [3.63, 3.8) is 0 Å². The van der Waals surface area contributed by atoms with Crippen molar-refractivity contribution in [2.24, 2.45) is 5.73 Å². The van der Waals surface area contributed by atoms with Crippen LogP contribution < -0.4 is 5.73 Å². The van der Waals surface area contributed by atoms with Gasteiger partial charge in [-0.15, -0.1) is 0 Å². The van der Waals surface area contributed by atoms with E-state index < -0.39 is 0 Å². The van der Waals surface area contributed by atoms with Crippen LogP contribution in [0.15, 0.2) is 48.5 Å². The van der Waals surface area contributed by atoms with Crippen LogP contribution >= 0.6 is 0 Å². The molecule has 0 saturated carbocycles. The molecule has 2 aromatic rings. The van der Waals surface area contributed by atoms with E-state index in [4.69, 9.17) is 5.73 Å². The molecular formula is C22H24N2O2. The lowest BCUT2D eigenvalue weighted by atomic mass is 9.69. The molecule has 1 heterocycles. The van der Waals surface area contributed by atoms with Gasteiger partial charge in [-0.25, -0.2) is 0 Å². The molecule has 4 rings (SSSR count). The first-order valence-corrected chi connectivity index (χ1v) is 9.32. The van der Waals surface area contributed by atoms with Gasteiger partial charge in [-0.3, -0.25) is 9.59 Å². The number of primary amides is 1. The highest BCUT2D eigenvalue weighted by Gasteiger charge is 2.43. The highest BCUT2D eigenvalue weighted by atomic mass is 16.2. The fraction of sp³-hybridized carbons (Fsp3) is 0.364. The highest BCUT2D eigenvalue weighted by Crippen LogP contribution is 2.44. The number of hydrogen-bond donors (Lipinski definition) is 1. The standard InChI is InChI=1S/C22H24N2O2/c23-20(25)14-16-7-9-18(10-8-16)21(26)24-13-12-22(15-24)11-3-5-17-4-1-2-6-19(17)22/h1-2,4,6-10H,3,5,11-15H2,(H2,23,25). The molecule has 1 atom stereocenters. The third-order valence-corrected chi connectivity index (χ3v) is 5.91. The zero-order valence-corrected chi connectivity index (χ0v) is 14.9. The topological polar surface area (TPSA) is 63.4 Å². The second kappa shape index (κ2) is 6.60. The summed E-state index contributed by atoms with van der Waals surface area (Å²) in [6.07, 6.45) is 4.74. The largest absolute Gasteiger partial charge is 0.369 e. The Balaban J connectivity index is 1.52. The second-order valence-corrected chi connectivity index (χ2v) is 7.61. The molecule has 1 aliphatic heterocycles. The van der Waals surface area contributed by atoms with Gasteiger partial charge >= 0.3 is 0 Å². The molecule has 0 radical (unpaired) electrons. The van der Waals surface area contributed by atoms with E-state index in [9.17, 15) is 9.59 Å². The van der Waals surface area contributed by atoms with E-state index >= 15 is 0 Å². The maximum Gasteiger partial charge on any atom is 0.253 e. The van der Waals surface area contributed by atoms with Crippen molar-refractivity contribution in [1.29, 1.82) is 0 Å². The van der Waals surface area contributed by atoms with Crippen molar-refractivity contribution >= 4 is 11.8 Å². The van der Waals surface area contributed by atoms with Crippen molar-refractivity contribution in [2.75, 3.05) is 13.1 Å². The Morgan fingerprint density at radius 1 is 1.04 bits per heavy atom. The van der Waals surface area contributed by atoms with E-state index in [1.165, 1.54) is 17.5 Å². The van der Waals surface area contributed by atoms with Gasteiger partial charge in [0.15, 0.2) is 0 Å². The number of likely N-dealkylation sites (tertiary alicyclic amines) is 1. The Hall–Kier alpha value is -2.62. The van der Waals surface area contributed by atoms with Gasteiger partial charge in [0.05, 0.1) is 6.42 Å². The Bertz CT molecular complexity index is 843. The summed E-state index contributed by atoms with van der Waals surface area (Å²) < 4.78 is 0. The van der Waals surface area contributed by atoms with Crippen LogP contribution in [0, 0.1) is 0 Å². The number of nitrogens with zero attached hydrogens (tertiary/aromatic N) is 1. The molecule has 1 saturated heterocycles. The Morgan fingerprint density at radius 2 is 1.81 bits per heavy atom. The van der Waals surface area contributed by atoms with Crippen molar-refractivity contribution < 1.29 is 9.59 Å². The number of aryl methyl sites for hydroxylation is 1. The Morgan fingerprint density at radius 3 is 2.58 bits per heavy atom. The molecule has 0 bridgehead atoms. The lowest BCUT2D eigenvalue weighted by Gasteiger charge is -2.35. The fourth-order valence-corrected chi connectivity index (χ4v) is 4.63. The van der Waals surface area contributed by atoms with Gasteiger partial charge in [-0.2, -0.15) is 0 Å². The lowest BCUT2D eigenvalue weighted by molar-refractivity contribution is -0.117. The smallest absolute Gasteiger partial charge is 0.253 e. The fourth-order valence-electron chi connectivity index (χ4n) is 4.63. The van der Waals surface area contributed by atoms with Crippen molar-refractivity contribution in [1.82, 2.24) is 4.90 Å². The molecule has 4 nitrogen and oxygen atoms in total. The third kappa shape index (κ3) is 3.00. The van der Waals surface area contributed by atoms with Crippen LogP contribution in [-0.2, 0) is 23.1 Å². The average molecular weight is 348 g/mol. The average Bonchev–Trinajstić information content (AvgIpc) is 3.06. The molecule has 2 aromatic carbocycles. The van der Waals surface area contributed by atoms with Crippen LogP contribution in [0.4, 0.5) is 0 Å². The molecule has 26 heavy (non-hydrogen) atoms. The maximum atomic E-state index is 13.0. The maximum absolute atomic E-state index is 13.0. The molecular weight excluding hydrogens is 324 g/mol. The Labute approximate surface area is 154 Å². The van der Waals surface area contributed by atoms with E-state index in [0.717, 1.165) is 37.9 Å². The summed E-state index contributed by atoms with van der Waals surface area (Å²) in [6, 6.07) is 16.0. The molecule has 2 N–H and O–H groups in total. The zero-order chi connectivity index (χ0) is 18.1. The first kappa shape index (κ1) is 16.8. The minimum Gasteiger partial charge on any atom is -0.369 e. The molecule has 1 unspecified atom stereocenters. The van der Waals surface area contributed by atoms with E-state index in [0.29, 0.717) is 5.56 Å². The second-order valence-electron chi connectivity index (χ2n) is 7.61. The predicted octanol–water partition coefficient (Wildman–Crippen LogP) is 2.83. The molecule has 2 amide bonds. The first-order chi connectivity index (χ1) is 12.6. The van der Waals surface area contributed by atoms with E-state index in [1.807, 2.05) is 17.0 Å². The number of amides is 2. The van der Waals surface area contributed by atoms with Gasteiger partial charge in [0.25, 0.3) is 5.91 Å². The highest BCUT2D eigenvalue weighted by molar-refractivity contribution is 5.94. The molecule has 134 valence electrons. The van der Waals surface area contributed by atoms with Crippen LogP contribution in [0.3, 0.4) is 0 Å². The third-order valence-electron chi connectivity index (χ3n) is 5.91. The van der Waals surface area contributed by atoms with Crippen LogP contribution in [0.2, 0.25) is 0 Å². The Kier molecular flexibility index (Phi) is 4.27. The number of nitrogens with two attached hydrogens (primary N) is 1. The van der Waals surface area contributed by atoms with E-state index in [2.05, 4.69) is 24.3 Å². The SMILES string of the molecule is NC(=O)Cc1ccc(C(=O)N2CCC3(CCCc4ccccc43)C2)cc1. The molecule has 1 aliphatic carbocycles. The summed E-state index contributed by atoms with van der Waals surface area (Å²) in [7, 11) is 0. The monoisotopic (exact) mass is 348 g/mol. The number of carbonyl (C=O) groups excluding carboxylic acids is 2. The summed E-state index contributed by atoms with van der Waals surface area (Å²) in [6.45, 7) is 1.60. The molecule has 1 spiro atoms. The number of benzene rings is 2. The van der Waals surface area contributed by atoms with Gasteiger partial charge in [-0.05, 0) is 54.5 Å². The van der Waals surface area contributed by atoms with Crippen LogP contribution in [0.5, 0.6) is 0 Å². The summed E-state index contributed by atoms with van der Waals surface area (Å²) >= 11 is 0. The lowest BCUT2D eigenvalue weighted by Crippen LogP contribution is -2.36. The van der Waals surface area contributed by atoms with Gasteiger partial charge < -0.3 is 10.6 Å². The molecule has 1 fully saturated rings. The van der Waals surface area contributed by atoms with Crippen molar-refractivity contribution in [3.05, 3.63) is 70.8 Å². The number of carbonyl (C=O) groups is 2. The van der Waals surface area contributed by atoms with Gasteiger partial charge in [0, 0.05) is 24.1 Å². The molecule has 4 heteroatoms. The van der Waals surface area contributed by atoms with Gasteiger partial charge in [0.2, 0.25) is 5.91 Å². The molecule has 2 aliphatic rings. The minimum atomic E-state index is -0.360. The summed E-state index contributed by atoms with van der Waals surface area (Å²) in [5.41, 5.74) is 9.76. The normalized spacial score (nSPS) is 21.6. The predicted molar refractivity (Wildman–Crippen MR) is 101 cm³/mol. The minimum absolute atomic E-state index is 0.0792. The summed E-state index contributed by atoms with van der Waals surface area (Å²) in [5, 5.41) is 0. The molecule has 0 aromatic heterocycles. The van der Waals surface area contributed by atoms with Crippen molar-refractivity contribution in [3.8, 4) is 0 Å². The van der Waals surface area contributed by atoms with E-state index in [-0.39, 0.29) is 23.7 Å². The summed E-state index contributed by atoms with van der Waals surface area (Å²) in [4.78, 5) is 26.0. The first-order valence-electron chi connectivity index (χ1n) is 9.32. The number of rotatable bonds is 3. The number of hydrogen-bond acceptors (Lipinski definition) is 2. The number of fused-ring (bicyclic) bond motifs is 2. The van der Waals surface area contributed by atoms with Crippen LogP contribution in [0.25, 0.3) is 0 Å².